The molecule has 17 heavy (non-hydrogen) atoms. The smallest absolute Gasteiger partial charge is 0.230 e. The fraction of sp³-hybridized carbons (Fsp3) is 0.333. The third-order valence-electron chi connectivity index (χ3n) is 2.60. The molecule has 0 spiro atoms. The molecule has 0 radical (unpaired) electrons. The lowest BCUT2D eigenvalue weighted by molar-refractivity contribution is -0.121. The van der Waals surface area contributed by atoms with Gasteiger partial charge in [0.15, 0.2) is 0 Å². The van der Waals surface area contributed by atoms with E-state index in [1.807, 2.05) is 0 Å². The Morgan fingerprint density at radius 2 is 1.88 bits per heavy atom. The summed E-state index contributed by atoms with van der Waals surface area (Å²) in [6.45, 7) is 2.92. The summed E-state index contributed by atoms with van der Waals surface area (Å²) >= 11 is 0. The van der Waals surface area contributed by atoms with Crippen LogP contribution in [0.4, 0.5) is 11.4 Å². The minimum Gasteiger partial charge on any atom is -0.326 e. The van der Waals surface area contributed by atoms with Crippen molar-refractivity contribution in [2.75, 3.05) is 23.7 Å². The predicted octanol–water partition coefficient (Wildman–Crippen LogP) is 0.803. The molecule has 0 bridgehead atoms. The monoisotopic (exact) mass is 233 g/mol. The summed E-state index contributed by atoms with van der Waals surface area (Å²) in [6.07, 6.45) is 0. The molecule has 1 aliphatic heterocycles. The highest BCUT2D eigenvalue weighted by atomic mass is 16.2. The highest BCUT2D eigenvalue weighted by Gasteiger charge is 2.24. The van der Waals surface area contributed by atoms with Gasteiger partial charge in [-0.05, 0) is 18.2 Å². The highest BCUT2D eigenvalue weighted by Crippen LogP contribution is 2.16. The van der Waals surface area contributed by atoms with Crippen molar-refractivity contribution in [3.8, 4) is 0 Å². The molecule has 0 saturated carbocycles. The van der Waals surface area contributed by atoms with Gasteiger partial charge in [-0.15, -0.1) is 0 Å². The first kappa shape index (κ1) is 11.6. The molecule has 2 rings (SSSR count). The van der Waals surface area contributed by atoms with Gasteiger partial charge in [0, 0.05) is 31.4 Å². The number of amides is 2. The van der Waals surface area contributed by atoms with Crippen LogP contribution in [0.2, 0.25) is 0 Å². The molecule has 1 aliphatic rings. The Morgan fingerprint density at radius 3 is 2.41 bits per heavy atom. The molecule has 0 unspecified atom stereocenters. The summed E-state index contributed by atoms with van der Waals surface area (Å²) in [5.74, 6) is -0.0557. The second-order valence-corrected chi connectivity index (χ2v) is 4.11. The van der Waals surface area contributed by atoms with E-state index in [1.54, 1.807) is 24.3 Å². The Labute approximate surface area is 99.6 Å². The van der Waals surface area contributed by atoms with Crippen molar-refractivity contribution in [3.05, 3.63) is 24.3 Å². The lowest BCUT2D eigenvalue weighted by Crippen LogP contribution is -2.48. The van der Waals surface area contributed by atoms with Crippen LogP contribution in [0.3, 0.4) is 0 Å². The molecular formula is C12H15N3O2. The molecule has 5 heteroatoms. The summed E-state index contributed by atoms with van der Waals surface area (Å²) in [5, 5.41) is 8.55. The second kappa shape index (κ2) is 4.97. The summed E-state index contributed by atoms with van der Waals surface area (Å²) in [6, 6.07) is 7.11. The van der Waals surface area contributed by atoms with E-state index in [1.165, 1.54) is 6.92 Å². The van der Waals surface area contributed by atoms with E-state index in [-0.39, 0.29) is 17.7 Å². The third kappa shape index (κ3) is 3.04. The van der Waals surface area contributed by atoms with Crippen molar-refractivity contribution < 1.29 is 9.59 Å². The Morgan fingerprint density at radius 1 is 1.24 bits per heavy atom. The van der Waals surface area contributed by atoms with Crippen LogP contribution in [0.15, 0.2) is 24.3 Å². The van der Waals surface area contributed by atoms with Crippen molar-refractivity contribution in [1.82, 2.24) is 5.32 Å². The van der Waals surface area contributed by atoms with Gasteiger partial charge in [-0.1, -0.05) is 6.07 Å². The lowest BCUT2D eigenvalue weighted by atomic mass is 10.0. The molecule has 1 saturated heterocycles. The van der Waals surface area contributed by atoms with Crippen LogP contribution in [0, 0.1) is 5.92 Å². The van der Waals surface area contributed by atoms with Gasteiger partial charge in [0.05, 0.1) is 5.92 Å². The molecule has 5 nitrogen and oxygen atoms in total. The molecule has 1 fully saturated rings. The van der Waals surface area contributed by atoms with Crippen molar-refractivity contribution >= 4 is 23.2 Å². The SMILES string of the molecule is CC(=O)Nc1cccc(NC(=O)C2CNC2)c1. The summed E-state index contributed by atoms with van der Waals surface area (Å²) in [7, 11) is 0. The van der Waals surface area contributed by atoms with Crippen LogP contribution in [0.5, 0.6) is 0 Å². The van der Waals surface area contributed by atoms with Crippen LogP contribution < -0.4 is 16.0 Å². The van der Waals surface area contributed by atoms with E-state index in [4.69, 9.17) is 0 Å². The maximum absolute atomic E-state index is 11.7. The van der Waals surface area contributed by atoms with Gasteiger partial charge < -0.3 is 16.0 Å². The average molecular weight is 233 g/mol. The lowest BCUT2D eigenvalue weighted by Gasteiger charge is -2.25. The van der Waals surface area contributed by atoms with Gasteiger partial charge in [-0.2, -0.15) is 0 Å². The number of benzene rings is 1. The molecule has 1 heterocycles. The number of carbonyl (C=O) groups is 2. The van der Waals surface area contributed by atoms with Crippen LogP contribution in [0.25, 0.3) is 0 Å². The maximum Gasteiger partial charge on any atom is 0.230 e. The zero-order chi connectivity index (χ0) is 12.3. The van der Waals surface area contributed by atoms with Gasteiger partial charge in [0.2, 0.25) is 11.8 Å². The van der Waals surface area contributed by atoms with Gasteiger partial charge in [0.25, 0.3) is 0 Å². The quantitative estimate of drug-likeness (QED) is 0.723. The highest BCUT2D eigenvalue weighted by molar-refractivity contribution is 5.95. The van der Waals surface area contributed by atoms with E-state index in [0.29, 0.717) is 11.4 Å². The van der Waals surface area contributed by atoms with Gasteiger partial charge in [0.1, 0.15) is 0 Å². The van der Waals surface area contributed by atoms with Gasteiger partial charge in [-0.25, -0.2) is 0 Å². The fourth-order valence-electron chi connectivity index (χ4n) is 1.60. The second-order valence-electron chi connectivity index (χ2n) is 4.11. The van der Waals surface area contributed by atoms with Crippen molar-refractivity contribution in [2.45, 2.75) is 6.92 Å². The molecule has 0 aromatic heterocycles. The molecule has 0 aliphatic carbocycles. The predicted molar refractivity (Wildman–Crippen MR) is 65.7 cm³/mol. The van der Waals surface area contributed by atoms with Crippen molar-refractivity contribution in [2.24, 2.45) is 5.92 Å². The van der Waals surface area contributed by atoms with Crippen LogP contribution in [-0.2, 0) is 9.59 Å². The van der Waals surface area contributed by atoms with E-state index in [0.717, 1.165) is 13.1 Å². The number of hydrogen-bond donors (Lipinski definition) is 3. The first-order valence-corrected chi connectivity index (χ1v) is 5.54. The Hall–Kier alpha value is -1.88. The van der Waals surface area contributed by atoms with Crippen LogP contribution >= 0.6 is 0 Å². The number of rotatable bonds is 3. The number of hydrogen-bond acceptors (Lipinski definition) is 3. The number of anilines is 2. The molecule has 1 aromatic rings. The van der Waals surface area contributed by atoms with E-state index in [2.05, 4.69) is 16.0 Å². The summed E-state index contributed by atoms with van der Waals surface area (Å²) in [5.41, 5.74) is 1.38. The molecule has 90 valence electrons. The van der Waals surface area contributed by atoms with Crippen LogP contribution in [-0.4, -0.2) is 24.9 Å². The van der Waals surface area contributed by atoms with Crippen molar-refractivity contribution in [1.29, 1.82) is 0 Å². The van der Waals surface area contributed by atoms with Gasteiger partial charge in [-0.3, -0.25) is 9.59 Å². The topological polar surface area (TPSA) is 70.2 Å². The third-order valence-corrected chi connectivity index (χ3v) is 2.60. The van der Waals surface area contributed by atoms with E-state index in [9.17, 15) is 9.59 Å². The average Bonchev–Trinajstić information content (AvgIpc) is 2.13. The fourth-order valence-corrected chi connectivity index (χ4v) is 1.60. The maximum atomic E-state index is 11.7. The van der Waals surface area contributed by atoms with Crippen LogP contribution in [0.1, 0.15) is 6.92 Å². The first-order valence-electron chi connectivity index (χ1n) is 5.54. The molecule has 0 atom stereocenters. The first-order chi connectivity index (χ1) is 8.15. The zero-order valence-electron chi connectivity index (χ0n) is 9.62. The Balaban J connectivity index is 2.00. The van der Waals surface area contributed by atoms with E-state index < -0.39 is 0 Å². The molecular weight excluding hydrogens is 218 g/mol. The molecule has 2 amide bonds. The molecule has 1 aromatic carbocycles. The Bertz CT molecular complexity index is 441. The summed E-state index contributed by atoms with van der Waals surface area (Å²) < 4.78 is 0. The normalized spacial score (nSPS) is 14.9. The summed E-state index contributed by atoms with van der Waals surface area (Å²) in [4.78, 5) is 22.6. The number of carbonyl (C=O) groups excluding carboxylic acids is 2. The number of nitrogens with one attached hydrogen (secondary N) is 3. The molecule has 3 N–H and O–H groups in total. The standard InChI is InChI=1S/C12H15N3O2/c1-8(16)14-10-3-2-4-11(5-10)15-12(17)9-6-13-7-9/h2-5,9,13H,6-7H2,1H3,(H,14,16)(H,15,17). The van der Waals surface area contributed by atoms with Crippen molar-refractivity contribution in [3.63, 3.8) is 0 Å². The largest absolute Gasteiger partial charge is 0.326 e. The Kier molecular flexibility index (Phi) is 3.39. The minimum absolute atomic E-state index is 0.0173. The minimum atomic E-state index is -0.128. The van der Waals surface area contributed by atoms with Gasteiger partial charge >= 0.3 is 0 Å². The zero-order valence-corrected chi connectivity index (χ0v) is 9.62. The van der Waals surface area contributed by atoms with E-state index >= 15 is 0 Å².